The molecule has 0 saturated carbocycles. The minimum atomic E-state index is -0.230. The van der Waals surface area contributed by atoms with Crippen LogP contribution in [0.25, 0.3) is 0 Å². The van der Waals surface area contributed by atoms with E-state index >= 15 is 0 Å². The highest BCUT2D eigenvalue weighted by molar-refractivity contribution is 5.05. The van der Waals surface area contributed by atoms with E-state index < -0.39 is 0 Å². The van der Waals surface area contributed by atoms with Gasteiger partial charge in [0, 0.05) is 6.42 Å². The predicted molar refractivity (Wildman–Crippen MR) is 63.6 cm³/mol. The van der Waals surface area contributed by atoms with E-state index in [-0.39, 0.29) is 6.10 Å². The fourth-order valence-electron chi connectivity index (χ4n) is 2.98. The molecular weight excluding hydrogens is 216 g/mol. The summed E-state index contributed by atoms with van der Waals surface area (Å²) in [5.74, 6) is 2.10. The van der Waals surface area contributed by atoms with Gasteiger partial charge in [-0.1, -0.05) is 6.42 Å². The third-order valence-corrected chi connectivity index (χ3v) is 4.02. The molecular formula is C12H20N4O. The first-order valence-corrected chi connectivity index (χ1v) is 6.56. The maximum Gasteiger partial charge on any atom is 0.150 e. The van der Waals surface area contributed by atoms with Crippen LogP contribution in [0.1, 0.15) is 43.4 Å². The van der Waals surface area contributed by atoms with Crippen molar-refractivity contribution >= 4 is 0 Å². The summed E-state index contributed by atoms with van der Waals surface area (Å²) >= 11 is 0. The number of rotatable bonds is 1. The molecule has 2 aliphatic heterocycles. The molecule has 3 rings (SSSR count). The van der Waals surface area contributed by atoms with Crippen molar-refractivity contribution in [1.82, 2.24) is 19.7 Å². The summed E-state index contributed by atoms with van der Waals surface area (Å²) < 4.78 is 2.14. The molecule has 1 aromatic rings. The van der Waals surface area contributed by atoms with Crippen LogP contribution in [0.2, 0.25) is 0 Å². The van der Waals surface area contributed by atoms with Crippen molar-refractivity contribution in [1.29, 1.82) is 0 Å². The van der Waals surface area contributed by atoms with Crippen LogP contribution in [-0.2, 0) is 13.0 Å². The van der Waals surface area contributed by atoms with Gasteiger partial charge in [-0.05, 0) is 32.9 Å². The molecule has 0 aromatic carbocycles. The van der Waals surface area contributed by atoms with Crippen LogP contribution in [0.15, 0.2) is 0 Å². The standard InChI is InChI=1S/C12H20N4O/c1-15-7-3-2-4-10(15)12-14-13-11-6-5-9(17)8-16(11)12/h9-10,17H,2-8H2,1H3. The number of hydrogen-bond acceptors (Lipinski definition) is 4. The minimum absolute atomic E-state index is 0.230. The summed E-state index contributed by atoms with van der Waals surface area (Å²) in [4.78, 5) is 2.36. The topological polar surface area (TPSA) is 54.2 Å². The smallest absolute Gasteiger partial charge is 0.150 e. The van der Waals surface area contributed by atoms with Crippen molar-refractivity contribution < 1.29 is 5.11 Å². The van der Waals surface area contributed by atoms with E-state index in [4.69, 9.17) is 0 Å². The summed E-state index contributed by atoms with van der Waals surface area (Å²) in [6, 6.07) is 0.385. The first kappa shape index (κ1) is 11.2. The molecule has 0 bridgehead atoms. The van der Waals surface area contributed by atoms with Gasteiger partial charge in [-0.3, -0.25) is 4.90 Å². The van der Waals surface area contributed by atoms with Crippen molar-refractivity contribution in [3.05, 3.63) is 11.6 Å². The molecule has 2 unspecified atom stereocenters. The molecule has 94 valence electrons. The summed E-state index contributed by atoms with van der Waals surface area (Å²) in [5.41, 5.74) is 0. The van der Waals surface area contributed by atoms with Crippen LogP contribution in [0, 0.1) is 0 Å². The predicted octanol–water partition coefficient (Wildman–Crippen LogP) is 0.742. The van der Waals surface area contributed by atoms with Gasteiger partial charge in [0.2, 0.25) is 0 Å². The molecule has 3 heterocycles. The van der Waals surface area contributed by atoms with Gasteiger partial charge in [0.1, 0.15) is 5.82 Å². The van der Waals surface area contributed by atoms with Crippen LogP contribution in [0.5, 0.6) is 0 Å². The highest BCUT2D eigenvalue weighted by atomic mass is 16.3. The van der Waals surface area contributed by atoms with Crippen LogP contribution in [0.4, 0.5) is 0 Å². The fourth-order valence-corrected chi connectivity index (χ4v) is 2.98. The summed E-state index contributed by atoms with van der Waals surface area (Å²) in [5, 5.41) is 18.4. The first-order valence-electron chi connectivity index (χ1n) is 6.56. The zero-order valence-electron chi connectivity index (χ0n) is 10.3. The fraction of sp³-hybridized carbons (Fsp3) is 0.833. The molecule has 0 aliphatic carbocycles. The number of fused-ring (bicyclic) bond motifs is 1. The average Bonchev–Trinajstić information content (AvgIpc) is 2.72. The zero-order valence-corrected chi connectivity index (χ0v) is 10.3. The van der Waals surface area contributed by atoms with Crippen LogP contribution < -0.4 is 0 Å². The molecule has 2 aliphatic rings. The molecule has 1 saturated heterocycles. The quantitative estimate of drug-likeness (QED) is 0.781. The molecule has 1 fully saturated rings. The Balaban J connectivity index is 1.90. The van der Waals surface area contributed by atoms with Crippen LogP contribution in [0.3, 0.4) is 0 Å². The number of aromatic nitrogens is 3. The van der Waals surface area contributed by atoms with E-state index in [1.807, 2.05) is 0 Å². The lowest BCUT2D eigenvalue weighted by atomic mass is 10.0. The zero-order chi connectivity index (χ0) is 11.8. The van der Waals surface area contributed by atoms with E-state index in [0.717, 1.165) is 37.5 Å². The van der Waals surface area contributed by atoms with Gasteiger partial charge in [0.15, 0.2) is 5.82 Å². The SMILES string of the molecule is CN1CCCCC1c1nnc2n1CC(O)CC2. The molecule has 0 amide bonds. The second-order valence-electron chi connectivity index (χ2n) is 5.27. The van der Waals surface area contributed by atoms with Gasteiger partial charge in [-0.2, -0.15) is 0 Å². The number of aryl methyl sites for hydroxylation is 1. The maximum absolute atomic E-state index is 9.77. The van der Waals surface area contributed by atoms with Gasteiger partial charge in [0.05, 0.1) is 18.7 Å². The van der Waals surface area contributed by atoms with Crippen molar-refractivity contribution in [3.63, 3.8) is 0 Å². The van der Waals surface area contributed by atoms with Crippen LogP contribution in [-0.4, -0.2) is 44.5 Å². The second kappa shape index (κ2) is 4.38. The number of aliphatic hydroxyl groups excluding tert-OH is 1. The highest BCUT2D eigenvalue weighted by Gasteiger charge is 2.29. The molecule has 2 atom stereocenters. The van der Waals surface area contributed by atoms with Crippen molar-refractivity contribution in [2.75, 3.05) is 13.6 Å². The van der Waals surface area contributed by atoms with E-state index in [0.29, 0.717) is 12.6 Å². The number of nitrogens with zero attached hydrogens (tertiary/aromatic N) is 4. The average molecular weight is 236 g/mol. The second-order valence-corrected chi connectivity index (χ2v) is 5.27. The van der Waals surface area contributed by atoms with Crippen molar-refractivity contribution in [3.8, 4) is 0 Å². The third kappa shape index (κ3) is 1.98. The summed E-state index contributed by atoms with van der Waals surface area (Å²) in [6.45, 7) is 1.80. The Morgan fingerprint density at radius 1 is 1.24 bits per heavy atom. The Kier molecular flexibility index (Phi) is 2.88. The molecule has 1 N–H and O–H groups in total. The first-order chi connectivity index (χ1) is 8.25. The van der Waals surface area contributed by atoms with Crippen molar-refractivity contribution in [2.24, 2.45) is 0 Å². The molecule has 17 heavy (non-hydrogen) atoms. The van der Waals surface area contributed by atoms with Gasteiger partial charge in [0.25, 0.3) is 0 Å². The number of piperidine rings is 1. The minimum Gasteiger partial charge on any atom is -0.391 e. The Morgan fingerprint density at radius 3 is 2.94 bits per heavy atom. The molecule has 5 heteroatoms. The highest BCUT2D eigenvalue weighted by Crippen LogP contribution is 2.30. The van der Waals surface area contributed by atoms with E-state index in [9.17, 15) is 5.11 Å². The maximum atomic E-state index is 9.77. The molecule has 1 aromatic heterocycles. The lowest BCUT2D eigenvalue weighted by Crippen LogP contribution is -2.34. The summed E-state index contributed by atoms with van der Waals surface area (Å²) in [6.07, 6.45) is 5.13. The molecule has 0 spiro atoms. The Bertz CT molecular complexity index is 403. The Labute approximate surface area is 101 Å². The van der Waals surface area contributed by atoms with E-state index in [1.165, 1.54) is 12.8 Å². The normalized spacial score (nSPS) is 30.2. The van der Waals surface area contributed by atoms with E-state index in [2.05, 4.69) is 26.7 Å². The van der Waals surface area contributed by atoms with Gasteiger partial charge in [-0.15, -0.1) is 10.2 Å². The van der Waals surface area contributed by atoms with Crippen molar-refractivity contribution in [2.45, 2.75) is 50.8 Å². The Hall–Kier alpha value is -0.940. The number of hydrogen-bond donors (Lipinski definition) is 1. The lowest BCUT2D eigenvalue weighted by Gasteiger charge is -2.32. The van der Waals surface area contributed by atoms with Gasteiger partial charge >= 0.3 is 0 Å². The Morgan fingerprint density at radius 2 is 2.12 bits per heavy atom. The van der Waals surface area contributed by atoms with Crippen LogP contribution >= 0.6 is 0 Å². The van der Waals surface area contributed by atoms with E-state index in [1.54, 1.807) is 0 Å². The summed E-state index contributed by atoms with van der Waals surface area (Å²) in [7, 11) is 2.16. The van der Waals surface area contributed by atoms with Gasteiger partial charge < -0.3 is 9.67 Å². The largest absolute Gasteiger partial charge is 0.391 e. The number of aliphatic hydroxyl groups is 1. The lowest BCUT2D eigenvalue weighted by molar-refractivity contribution is 0.121. The number of likely N-dealkylation sites (tertiary alicyclic amines) is 1. The third-order valence-electron chi connectivity index (χ3n) is 4.02. The molecule has 5 nitrogen and oxygen atoms in total. The monoisotopic (exact) mass is 236 g/mol. The molecule has 0 radical (unpaired) electrons. The van der Waals surface area contributed by atoms with Gasteiger partial charge in [-0.25, -0.2) is 0 Å².